The highest BCUT2D eigenvalue weighted by Crippen LogP contribution is 2.17. The van der Waals surface area contributed by atoms with Gasteiger partial charge in [-0.05, 0) is 32.9 Å². The molecule has 0 bridgehead atoms. The minimum absolute atomic E-state index is 0.283. The smallest absolute Gasteiger partial charge is 0.412 e. The van der Waals surface area contributed by atoms with Crippen LogP contribution in [0.2, 0.25) is 0 Å². The van der Waals surface area contributed by atoms with Gasteiger partial charge in [0.15, 0.2) is 0 Å². The van der Waals surface area contributed by atoms with E-state index in [1.165, 1.54) is 7.11 Å². The Kier molecular flexibility index (Phi) is 4.31. The molecule has 18 heavy (non-hydrogen) atoms. The van der Waals surface area contributed by atoms with Crippen LogP contribution in [0, 0.1) is 0 Å². The first-order valence-corrected chi connectivity index (χ1v) is 5.51. The molecule has 1 aromatic rings. The predicted molar refractivity (Wildman–Crippen MR) is 67.6 cm³/mol. The number of ether oxygens (including phenoxy) is 2. The first-order chi connectivity index (χ1) is 8.33. The van der Waals surface area contributed by atoms with E-state index in [-0.39, 0.29) is 5.56 Å². The second kappa shape index (κ2) is 5.53. The van der Waals surface area contributed by atoms with Crippen molar-refractivity contribution in [1.29, 1.82) is 0 Å². The normalized spacial score (nSPS) is 10.7. The molecular weight excluding hydrogens is 234 g/mol. The average Bonchev–Trinajstić information content (AvgIpc) is 2.26. The molecule has 0 radical (unpaired) electrons. The highest BCUT2D eigenvalue weighted by atomic mass is 16.6. The van der Waals surface area contributed by atoms with Crippen molar-refractivity contribution in [2.75, 3.05) is 12.4 Å². The molecule has 0 spiro atoms. The fraction of sp³-hybridized carbons (Fsp3) is 0.385. The van der Waals surface area contributed by atoms with E-state index in [9.17, 15) is 9.59 Å². The molecule has 0 heterocycles. The van der Waals surface area contributed by atoms with Crippen molar-refractivity contribution in [2.45, 2.75) is 26.4 Å². The highest BCUT2D eigenvalue weighted by Gasteiger charge is 2.18. The van der Waals surface area contributed by atoms with Gasteiger partial charge in [0.05, 0.1) is 18.4 Å². The van der Waals surface area contributed by atoms with Crippen molar-refractivity contribution in [3.8, 4) is 0 Å². The molecule has 0 aliphatic heterocycles. The van der Waals surface area contributed by atoms with Gasteiger partial charge in [0.25, 0.3) is 0 Å². The number of anilines is 1. The van der Waals surface area contributed by atoms with Crippen LogP contribution in [0.3, 0.4) is 0 Å². The van der Waals surface area contributed by atoms with Crippen molar-refractivity contribution in [1.82, 2.24) is 0 Å². The van der Waals surface area contributed by atoms with Crippen molar-refractivity contribution >= 4 is 17.7 Å². The van der Waals surface area contributed by atoms with Crippen LogP contribution in [-0.2, 0) is 9.47 Å². The lowest BCUT2D eigenvalue weighted by Crippen LogP contribution is -2.27. The van der Waals surface area contributed by atoms with E-state index in [1.54, 1.807) is 45.0 Å². The van der Waals surface area contributed by atoms with E-state index in [1.807, 2.05) is 0 Å². The standard InChI is InChI=1S/C13H17NO4/c1-13(2,3)18-12(16)14-10-8-6-5-7-9(10)11(15)17-4/h5-8H,1-4H3,(H,14,16). The van der Waals surface area contributed by atoms with Crippen molar-refractivity contribution in [3.05, 3.63) is 29.8 Å². The summed E-state index contributed by atoms with van der Waals surface area (Å²) in [5.41, 5.74) is 0.0501. The van der Waals surface area contributed by atoms with Gasteiger partial charge in [0, 0.05) is 0 Å². The molecule has 0 saturated heterocycles. The van der Waals surface area contributed by atoms with Crippen LogP contribution in [0.4, 0.5) is 10.5 Å². The summed E-state index contributed by atoms with van der Waals surface area (Å²) in [4.78, 5) is 23.1. The van der Waals surface area contributed by atoms with Crippen LogP contribution >= 0.6 is 0 Å². The minimum Gasteiger partial charge on any atom is -0.465 e. The quantitative estimate of drug-likeness (QED) is 0.821. The second-order valence-corrected chi connectivity index (χ2v) is 4.66. The first-order valence-electron chi connectivity index (χ1n) is 5.51. The van der Waals surface area contributed by atoms with Crippen LogP contribution in [0.1, 0.15) is 31.1 Å². The van der Waals surface area contributed by atoms with Gasteiger partial charge in [-0.15, -0.1) is 0 Å². The number of hydrogen-bond acceptors (Lipinski definition) is 4. The Morgan fingerprint density at radius 3 is 2.33 bits per heavy atom. The van der Waals surface area contributed by atoms with Crippen molar-refractivity contribution in [2.24, 2.45) is 0 Å². The number of hydrogen-bond donors (Lipinski definition) is 1. The Hall–Kier alpha value is -2.04. The van der Waals surface area contributed by atoms with E-state index >= 15 is 0 Å². The molecule has 0 saturated carbocycles. The molecule has 5 heteroatoms. The number of esters is 1. The van der Waals surface area contributed by atoms with E-state index in [4.69, 9.17) is 4.74 Å². The lowest BCUT2D eigenvalue weighted by atomic mass is 10.2. The van der Waals surface area contributed by atoms with Crippen molar-refractivity contribution in [3.63, 3.8) is 0 Å². The maximum absolute atomic E-state index is 11.6. The van der Waals surface area contributed by atoms with Crippen LogP contribution in [0.15, 0.2) is 24.3 Å². The van der Waals surface area contributed by atoms with E-state index in [2.05, 4.69) is 10.1 Å². The number of methoxy groups -OCH3 is 1. The van der Waals surface area contributed by atoms with Crippen LogP contribution in [0.25, 0.3) is 0 Å². The lowest BCUT2D eigenvalue weighted by Gasteiger charge is -2.20. The summed E-state index contributed by atoms with van der Waals surface area (Å²) in [7, 11) is 1.28. The third-order valence-corrected chi connectivity index (χ3v) is 1.97. The fourth-order valence-electron chi connectivity index (χ4n) is 1.29. The van der Waals surface area contributed by atoms with E-state index in [0.717, 1.165) is 0 Å². The topological polar surface area (TPSA) is 64.6 Å². The summed E-state index contributed by atoms with van der Waals surface area (Å²) < 4.78 is 9.74. The molecule has 98 valence electrons. The summed E-state index contributed by atoms with van der Waals surface area (Å²) in [6.45, 7) is 5.29. The van der Waals surface area contributed by atoms with E-state index in [0.29, 0.717) is 5.69 Å². The van der Waals surface area contributed by atoms with Crippen LogP contribution < -0.4 is 5.32 Å². The van der Waals surface area contributed by atoms with Crippen LogP contribution in [-0.4, -0.2) is 24.8 Å². The largest absolute Gasteiger partial charge is 0.465 e. The Morgan fingerprint density at radius 1 is 1.17 bits per heavy atom. The third kappa shape index (κ3) is 4.08. The molecule has 1 amide bonds. The molecular formula is C13H17NO4. The van der Waals surface area contributed by atoms with Gasteiger partial charge >= 0.3 is 12.1 Å². The number of nitrogens with one attached hydrogen (secondary N) is 1. The van der Waals surface area contributed by atoms with Gasteiger partial charge in [-0.1, -0.05) is 12.1 Å². The fourth-order valence-corrected chi connectivity index (χ4v) is 1.29. The number of rotatable bonds is 2. The Labute approximate surface area is 106 Å². The Balaban J connectivity index is 2.85. The number of para-hydroxylation sites is 1. The van der Waals surface area contributed by atoms with Gasteiger partial charge in [0.1, 0.15) is 5.60 Å². The predicted octanol–water partition coefficient (Wildman–Crippen LogP) is 2.82. The lowest BCUT2D eigenvalue weighted by molar-refractivity contribution is 0.0602. The maximum Gasteiger partial charge on any atom is 0.412 e. The van der Waals surface area contributed by atoms with Gasteiger partial charge in [-0.3, -0.25) is 5.32 Å². The van der Waals surface area contributed by atoms with Crippen molar-refractivity contribution < 1.29 is 19.1 Å². The summed E-state index contributed by atoms with van der Waals surface area (Å²) >= 11 is 0. The summed E-state index contributed by atoms with van der Waals surface area (Å²) in [6.07, 6.45) is -0.612. The first kappa shape index (κ1) is 14.0. The zero-order valence-corrected chi connectivity index (χ0v) is 10.9. The molecule has 1 aromatic carbocycles. The second-order valence-electron chi connectivity index (χ2n) is 4.66. The highest BCUT2D eigenvalue weighted by molar-refractivity contribution is 5.99. The zero-order valence-electron chi connectivity index (χ0n) is 10.9. The SMILES string of the molecule is COC(=O)c1ccccc1NC(=O)OC(C)(C)C. The maximum atomic E-state index is 11.6. The Morgan fingerprint density at radius 2 is 1.78 bits per heavy atom. The molecule has 5 nitrogen and oxygen atoms in total. The van der Waals surface area contributed by atoms with Crippen LogP contribution in [0.5, 0.6) is 0 Å². The number of benzene rings is 1. The molecule has 1 N–H and O–H groups in total. The zero-order chi connectivity index (χ0) is 13.8. The average molecular weight is 251 g/mol. The molecule has 0 atom stereocenters. The molecule has 0 fully saturated rings. The number of amides is 1. The van der Waals surface area contributed by atoms with E-state index < -0.39 is 17.7 Å². The number of carbonyl (C=O) groups excluding carboxylic acids is 2. The van der Waals surface area contributed by atoms with Gasteiger partial charge in [-0.2, -0.15) is 0 Å². The van der Waals surface area contributed by atoms with Gasteiger partial charge in [-0.25, -0.2) is 9.59 Å². The monoisotopic (exact) mass is 251 g/mol. The van der Waals surface area contributed by atoms with Gasteiger partial charge < -0.3 is 9.47 Å². The summed E-state index contributed by atoms with van der Waals surface area (Å²) in [5.74, 6) is -0.512. The summed E-state index contributed by atoms with van der Waals surface area (Å²) in [5, 5.41) is 2.52. The molecule has 0 aromatic heterocycles. The summed E-state index contributed by atoms with van der Waals surface area (Å²) in [6, 6.07) is 6.57. The molecule has 0 aliphatic rings. The number of carbonyl (C=O) groups is 2. The van der Waals surface area contributed by atoms with Gasteiger partial charge in [0.2, 0.25) is 0 Å². The molecule has 1 rings (SSSR count). The molecule has 0 aliphatic carbocycles. The molecule has 0 unspecified atom stereocenters. The third-order valence-electron chi connectivity index (χ3n) is 1.97. The minimum atomic E-state index is -0.612. The Bertz CT molecular complexity index is 449.